The first-order chi connectivity index (χ1) is 24.3. The van der Waals surface area contributed by atoms with Crippen molar-refractivity contribution in [3.05, 3.63) is 115 Å². The van der Waals surface area contributed by atoms with E-state index in [1.807, 2.05) is 18.2 Å². The molecule has 6 heteroatoms. The second-order valence-corrected chi connectivity index (χ2v) is 13.1. The Morgan fingerprint density at radius 2 is 1.14 bits per heavy atom. The number of nitrogens with one attached hydrogen (secondary N) is 3. The molecule has 50 heavy (non-hydrogen) atoms. The third-order valence-corrected chi connectivity index (χ3v) is 10.8. The van der Waals surface area contributed by atoms with E-state index in [1.165, 1.54) is 68.2 Å². The molecule has 5 aromatic rings. The maximum Gasteiger partial charge on any atom is 0.338 e. The highest BCUT2D eigenvalue weighted by Crippen LogP contribution is 2.39. The van der Waals surface area contributed by atoms with Gasteiger partial charge in [-0.3, -0.25) is 0 Å². The van der Waals surface area contributed by atoms with Gasteiger partial charge in [0.1, 0.15) is 0 Å². The molecule has 1 aliphatic heterocycles. The molecule has 5 heterocycles. The van der Waals surface area contributed by atoms with E-state index in [1.54, 1.807) is 0 Å². The van der Waals surface area contributed by atoms with Crippen molar-refractivity contribution in [3.8, 4) is 11.1 Å². The lowest BCUT2D eigenvalue weighted by molar-refractivity contribution is 0.0601. The summed E-state index contributed by atoms with van der Waals surface area (Å²) in [6.45, 7) is 19.1. The molecule has 0 unspecified atom stereocenters. The molecule has 6 nitrogen and oxygen atoms in total. The lowest BCUT2D eigenvalue weighted by Gasteiger charge is -2.14. The number of hydrogen-bond donors (Lipinski definition) is 3. The van der Waals surface area contributed by atoms with Crippen LogP contribution in [0.2, 0.25) is 0 Å². The molecule has 1 aromatic carbocycles. The number of nitrogens with zero attached hydrogens (tertiary/aromatic N) is 1. The summed E-state index contributed by atoms with van der Waals surface area (Å²) < 4.78 is 7.95. The fourth-order valence-electron chi connectivity index (χ4n) is 8.62. The van der Waals surface area contributed by atoms with Gasteiger partial charge < -0.3 is 24.3 Å². The Morgan fingerprint density at radius 3 is 1.70 bits per heavy atom. The third kappa shape index (κ3) is 5.53. The number of fused-ring (bicyclic) bond motifs is 8. The summed E-state index contributed by atoms with van der Waals surface area (Å²) in [5.41, 5.74) is 16.4. The van der Waals surface area contributed by atoms with Gasteiger partial charge in [-0.25, -0.2) is 4.79 Å². The number of methoxy groups -OCH3 is 1. The minimum absolute atomic E-state index is 0.324. The molecule has 0 fully saturated rings. The van der Waals surface area contributed by atoms with Crippen LogP contribution in [0.1, 0.15) is 131 Å². The van der Waals surface area contributed by atoms with E-state index in [0.717, 1.165) is 84.7 Å². The summed E-state index contributed by atoms with van der Waals surface area (Å²) >= 11 is 0. The van der Waals surface area contributed by atoms with Gasteiger partial charge in [0.25, 0.3) is 0 Å². The van der Waals surface area contributed by atoms with E-state index in [-0.39, 0.29) is 5.97 Å². The van der Waals surface area contributed by atoms with Crippen LogP contribution >= 0.6 is 0 Å². The second kappa shape index (κ2) is 14.6. The second-order valence-electron chi connectivity index (χ2n) is 13.1. The number of aromatic amines is 3. The fraction of sp³-hybridized carbons (Fsp3) is 0.386. The van der Waals surface area contributed by atoms with Gasteiger partial charge in [-0.1, -0.05) is 66.7 Å². The normalized spacial score (nSPS) is 13.1. The number of benzene rings is 1. The van der Waals surface area contributed by atoms with Crippen LogP contribution in [0, 0.1) is 0 Å². The number of hydrogen-bond acceptors (Lipinski definition) is 2. The van der Waals surface area contributed by atoms with Gasteiger partial charge in [0.05, 0.1) is 18.4 Å². The number of esters is 1. The van der Waals surface area contributed by atoms with Crippen LogP contribution in [0.15, 0.2) is 48.5 Å². The molecule has 0 saturated heterocycles. The predicted octanol–water partition coefficient (Wildman–Crippen LogP) is 7.38. The Morgan fingerprint density at radius 1 is 0.580 bits per heavy atom. The molecule has 0 radical (unpaired) electrons. The molecule has 0 saturated carbocycles. The molecule has 262 valence electrons. The average molecular weight is 671 g/mol. The van der Waals surface area contributed by atoms with Crippen LogP contribution in [-0.4, -0.2) is 32.6 Å². The molecule has 4 aromatic heterocycles. The van der Waals surface area contributed by atoms with E-state index in [4.69, 9.17) is 4.74 Å². The van der Waals surface area contributed by atoms with Crippen molar-refractivity contribution >= 4 is 28.3 Å². The Hall–Kier alpha value is -4.71. The van der Waals surface area contributed by atoms with Crippen LogP contribution in [0.4, 0.5) is 0 Å². The molecular formula is C44H54N4O2. The van der Waals surface area contributed by atoms with Gasteiger partial charge in [0, 0.05) is 50.6 Å². The maximum absolute atomic E-state index is 13.3. The van der Waals surface area contributed by atoms with E-state index in [9.17, 15) is 4.79 Å². The number of H-pyrrole nitrogens is 3. The van der Waals surface area contributed by atoms with Crippen LogP contribution in [0.3, 0.4) is 0 Å². The van der Waals surface area contributed by atoms with Crippen molar-refractivity contribution in [2.75, 3.05) is 7.11 Å². The minimum atomic E-state index is -0.324. The van der Waals surface area contributed by atoms with Crippen LogP contribution in [0.25, 0.3) is 33.4 Å². The molecule has 0 aliphatic carbocycles. The maximum atomic E-state index is 13.3. The molecule has 0 amide bonds. The first-order valence-corrected chi connectivity index (χ1v) is 18.9. The van der Waals surface area contributed by atoms with Gasteiger partial charge in [-0.15, -0.1) is 0 Å². The summed E-state index contributed by atoms with van der Waals surface area (Å²) in [4.78, 5) is 25.1. The number of aromatic nitrogens is 4. The highest BCUT2D eigenvalue weighted by molar-refractivity contribution is 6.00. The summed E-state index contributed by atoms with van der Waals surface area (Å²) in [6, 6.07) is 16.9. The fourth-order valence-corrected chi connectivity index (χ4v) is 8.62. The summed E-state index contributed by atoms with van der Waals surface area (Å²) in [5, 5.41) is 4.90. The Kier molecular flexibility index (Phi) is 10.3. The predicted molar refractivity (Wildman–Crippen MR) is 207 cm³/mol. The van der Waals surface area contributed by atoms with Crippen molar-refractivity contribution in [1.29, 1.82) is 0 Å². The van der Waals surface area contributed by atoms with Gasteiger partial charge in [-0.2, -0.15) is 0 Å². The van der Waals surface area contributed by atoms with Crippen molar-refractivity contribution in [3.63, 3.8) is 0 Å². The number of carbonyl (C=O) groups excluding carboxylic acids is 1. The molecular weight excluding hydrogens is 617 g/mol. The van der Waals surface area contributed by atoms with Crippen molar-refractivity contribution in [1.82, 2.24) is 19.5 Å². The third-order valence-electron chi connectivity index (χ3n) is 10.8. The average Bonchev–Trinajstić information content (AvgIpc) is 3.95. The topological polar surface area (TPSA) is 78.6 Å². The van der Waals surface area contributed by atoms with Gasteiger partial charge in [0.15, 0.2) is 0 Å². The van der Waals surface area contributed by atoms with Crippen LogP contribution in [-0.2, 0) is 30.5 Å². The Bertz CT molecular complexity index is 2320. The molecule has 1 aliphatic rings. The van der Waals surface area contributed by atoms with Crippen molar-refractivity contribution < 1.29 is 9.53 Å². The SMILES string of the molecule is CCC1=c2ccc([nH]2)=C(CC)c2[nH]c(c(CC)c2-c2ccccc2C(=O)OC)C(CC)=c2c(CC)c(CC)c(n2CC)=C(CC)c2ccc1[nH]2. The molecule has 8 bridgehead atoms. The molecule has 0 spiro atoms. The summed E-state index contributed by atoms with van der Waals surface area (Å²) in [7, 11) is 1.47. The zero-order valence-corrected chi connectivity index (χ0v) is 31.5. The Balaban J connectivity index is 1.96. The standard InChI is InChI=1S/C44H54N4O2/c1-10-26-27(11-2)43-32(16-7)40-31(15-6)39(33-20-18-19-21-34(33)44(49)50-9)41(47-40)29(13-4)37-24-22-35(45-37)28(12-3)36-23-25-38(46-36)30(14-5)42(26)48(43)17-8/h18-25,45-47H,10-17H2,1-9H3. The first-order valence-electron chi connectivity index (χ1n) is 18.9. The lowest BCUT2D eigenvalue weighted by atomic mass is 9.90. The van der Waals surface area contributed by atoms with E-state index in [0.29, 0.717) is 5.56 Å². The number of rotatable bonds is 10. The van der Waals surface area contributed by atoms with E-state index < -0.39 is 0 Å². The van der Waals surface area contributed by atoms with Gasteiger partial charge >= 0.3 is 5.97 Å². The summed E-state index contributed by atoms with van der Waals surface area (Å²) in [6.07, 6.45) is 6.19. The summed E-state index contributed by atoms with van der Waals surface area (Å²) in [5.74, 6) is -0.324. The zero-order chi connectivity index (χ0) is 35.7. The van der Waals surface area contributed by atoms with Gasteiger partial charge in [0.2, 0.25) is 0 Å². The van der Waals surface area contributed by atoms with E-state index in [2.05, 4.69) is 105 Å². The zero-order valence-electron chi connectivity index (χ0n) is 31.5. The van der Waals surface area contributed by atoms with Gasteiger partial charge in [-0.05, 0) is 127 Å². The highest BCUT2D eigenvalue weighted by atomic mass is 16.5. The molecule has 0 atom stereocenters. The lowest BCUT2D eigenvalue weighted by Crippen LogP contribution is -2.31. The number of carbonyl (C=O) groups is 1. The molecule has 6 rings (SSSR count). The Labute approximate surface area is 296 Å². The van der Waals surface area contributed by atoms with E-state index >= 15 is 0 Å². The van der Waals surface area contributed by atoms with Crippen molar-refractivity contribution in [2.24, 2.45) is 0 Å². The molecule has 3 N–H and O–H groups in total. The minimum Gasteiger partial charge on any atom is -0.465 e. The smallest absolute Gasteiger partial charge is 0.338 e. The quantitative estimate of drug-likeness (QED) is 0.136. The highest BCUT2D eigenvalue weighted by Gasteiger charge is 2.27. The largest absolute Gasteiger partial charge is 0.465 e. The number of ether oxygens (including phenoxy) is 1. The first kappa shape index (κ1) is 35.1. The van der Waals surface area contributed by atoms with Crippen LogP contribution < -0.4 is 21.4 Å². The van der Waals surface area contributed by atoms with Crippen molar-refractivity contribution in [2.45, 2.75) is 107 Å². The van der Waals surface area contributed by atoms with Crippen LogP contribution in [0.5, 0.6) is 0 Å². The monoisotopic (exact) mass is 670 g/mol.